The number of carbonyl (C=O) groups is 3. The van der Waals surface area contributed by atoms with E-state index in [9.17, 15) is 14.4 Å². The van der Waals surface area contributed by atoms with Gasteiger partial charge in [0.2, 0.25) is 5.91 Å². The number of hydrogen-bond acceptors (Lipinski definition) is 3. The van der Waals surface area contributed by atoms with Gasteiger partial charge in [-0.25, -0.2) is 4.79 Å². The highest BCUT2D eigenvalue weighted by atomic mass is 16.2. The number of aryl methyl sites for hydroxylation is 1. The molecule has 6 nitrogen and oxygen atoms in total. The summed E-state index contributed by atoms with van der Waals surface area (Å²) >= 11 is 0. The van der Waals surface area contributed by atoms with Crippen molar-refractivity contribution >= 4 is 17.8 Å². The SMILES string of the molecule is C=C(C)CN(CC)C(=O)CN1C(=O)N[C@@]2(CCc3ccccc32)C1=O. The molecule has 0 unspecified atom stereocenters. The van der Waals surface area contributed by atoms with Gasteiger partial charge in [0.1, 0.15) is 12.1 Å². The Kier molecular flexibility index (Phi) is 4.37. The van der Waals surface area contributed by atoms with Crippen molar-refractivity contribution in [3.8, 4) is 0 Å². The van der Waals surface area contributed by atoms with Crippen LogP contribution in [-0.4, -0.2) is 47.3 Å². The van der Waals surface area contributed by atoms with Crippen LogP contribution >= 0.6 is 0 Å². The first-order valence-electron chi connectivity index (χ1n) is 8.53. The first-order valence-corrected chi connectivity index (χ1v) is 8.53. The number of nitrogens with zero attached hydrogens (tertiary/aromatic N) is 2. The van der Waals surface area contributed by atoms with Gasteiger partial charge in [0, 0.05) is 13.1 Å². The Hall–Kier alpha value is -2.63. The van der Waals surface area contributed by atoms with Gasteiger partial charge < -0.3 is 10.2 Å². The molecule has 0 radical (unpaired) electrons. The first kappa shape index (κ1) is 17.2. The zero-order valence-electron chi connectivity index (χ0n) is 14.7. The van der Waals surface area contributed by atoms with E-state index < -0.39 is 11.6 Å². The van der Waals surface area contributed by atoms with Crippen molar-refractivity contribution in [2.75, 3.05) is 19.6 Å². The van der Waals surface area contributed by atoms with Crippen LogP contribution < -0.4 is 5.32 Å². The molecule has 2 aliphatic rings. The van der Waals surface area contributed by atoms with Crippen molar-refractivity contribution in [3.05, 3.63) is 47.5 Å². The molecule has 1 saturated heterocycles. The second-order valence-corrected chi connectivity index (χ2v) is 6.75. The lowest BCUT2D eigenvalue weighted by Gasteiger charge is -2.24. The molecule has 4 amide bonds. The average molecular weight is 341 g/mol. The number of rotatable bonds is 5. The van der Waals surface area contributed by atoms with Gasteiger partial charge in [-0.15, -0.1) is 0 Å². The van der Waals surface area contributed by atoms with E-state index in [0.717, 1.165) is 28.0 Å². The van der Waals surface area contributed by atoms with Gasteiger partial charge in [0.05, 0.1) is 0 Å². The van der Waals surface area contributed by atoms with E-state index in [1.165, 1.54) is 0 Å². The molecule has 0 saturated carbocycles. The molecule has 1 aromatic rings. The van der Waals surface area contributed by atoms with Crippen LogP contribution in [0.1, 0.15) is 31.4 Å². The van der Waals surface area contributed by atoms with Gasteiger partial charge in [-0.3, -0.25) is 14.5 Å². The number of hydrogen-bond donors (Lipinski definition) is 1. The zero-order valence-corrected chi connectivity index (χ0v) is 14.7. The summed E-state index contributed by atoms with van der Waals surface area (Å²) in [7, 11) is 0. The molecule has 0 aromatic heterocycles. The zero-order chi connectivity index (χ0) is 18.2. The summed E-state index contributed by atoms with van der Waals surface area (Å²) in [5.74, 6) is -0.584. The summed E-state index contributed by atoms with van der Waals surface area (Å²) in [5.41, 5.74) is 1.76. The van der Waals surface area contributed by atoms with Gasteiger partial charge in [-0.1, -0.05) is 36.4 Å². The molecule has 1 spiro atoms. The second-order valence-electron chi connectivity index (χ2n) is 6.75. The number of likely N-dealkylation sites (N-methyl/N-ethyl adjacent to an activating group) is 1. The standard InChI is InChI=1S/C19H23N3O3/c1-4-21(11-13(2)3)16(23)12-22-17(24)19(20-18(22)25)10-9-14-7-5-6-8-15(14)19/h5-8H,2,4,9-12H2,1,3H3,(H,20,25)/t19-/m1/s1. The van der Waals surface area contributed by atoms with E-state index in [1.54, 1.807) is 4.90 Å². The maximum absolute atomic E-state index is 13.0. The largest absolute Gasteiger partial charge is 0.337 e. The number of fused-ring (bicyclic) bond motifs is 2. The molecule has 0 bridgehead atoms. The Labute approximate surface area is 147 Å². The quantitative estimate of drug-likeness (QED) is 0.656. The topological polar surface area (TPSA) is 69.7 Å². The summed E-state index contributed by atoms with van der Waals surface area (Å²) in [4.78, 5) is 40.6. The summed E-state index contributed by atoms with van der Waals surface area (Å²) < 4.78 is 0. The molecule has 3 rings (SSSR count). The van der Waals surface area contributed by atoms with E-state index in [4.69, 9.17) is 0 Å². The van der Waals surface area contributed by atoms with E-state index in [1.807, 2.05) is 38.1 Å². The van der Waals surface area contributed by atoms with E-state index in [-0.39, 0.29) is 18.4 Å². The minimum absolute atomic E-state index is 0.240. The number of benzene rings is 1. The Morgan fingerprint density at radius 1 is 1.36 bits per heavy atom. The molecular weight excluding hydrogens is 318 g/mol. The maximum atomic E-state index is 13.0. The first-order chi connectivity index (χ1) is 11.9. The lowest BCUT2D eigenvalue weighted by Crippen LogP contribution is -2.45. The predicted octanol–water partition coefficient (Wildman–Crippen LogP) is 1.80. The summed E-state index contributed by atoms with van der Waals surface area (Å²) in [6, 6.07) is 7.15. The summed E-state index contributed by atoms with van der Waals surface area (Å²) in [6.07, 6.45) is 1.27. The Morgan fingerprint density at radius 2 is 2.08 bits per heavy atom. The highest BCUT2D eigenvalue weighted by Gasteiger charge is 2.55. The average Bonchev–Trinajstić information content (AvgIpc) is 3.06. The normalized spacial score (nSPS) is 21.4. The summed E-state index contributed by atoms with van der Waals surface area (Å²) in [5, 5.41) is 2.84. The van der Waals surface area contributed by atoms with Crippen LogP contribution in [0, 0.1) is 0 Å². The highest BCUT2D eigenvalue weighted by molar-refractivity contribution is 6.09. The Morgan fingerprint density at radius 3 is 2.76 bits per heavy atom. The molecule has 1 N–H and O–H groups in total. The predicted molar refractivity (Wildman–Crippen MR) is 93.8 cm³/mol. The second kappa shape index (κ2) is 6.35. The van der Waals surface area contributed by atoms with Crippen molar-refractivity contribution in [1.29, 1.82) is 0 Å². The molecular formula is C19H23N3O3. The molecule has 1 atom stereocenters. The molecule has 1 aliphatic carbocycles. The van der Waals surface area contributed by atoms with Gasteiger partial charge >= 0.3 is 6.03 Å². The minimum atomic E-state index is -1.01. The van der Waals surface area contributed by atoms with Crippen LogP contribution in [0.15, 0.2) is 36.4 Å². The fraction of sp³-hybridized carbons (Fsp3) is 0.421. The number of urea groups is 1. The molecule has 1 aliphatic heterocycles. The maximum Gasteiger partial charge on any atom is 0.325 e. The number of nitrogens with one attached hydrogen (secondary N) is 1. The Balaban J connectivity index is 1.81. The van der Waals surface area contributed by atoms with Crippen molar-refractivity contribution in [3.63, 3.8) is 0 Å². The molecule has 1 aromatic carbocycles. The number of carbonyl (C=O) groups excluding carboxylic acids is 3. The van der Waals surface area contributed by atoms with Crippen LogP contribution in [-0.2, 0) is 21.5 Å². The number of imide groups is 1. The lowest BCUT2D eigenvalue weighted by atomic mass is 9.92. The van der Waals surface area contributed by atoms with E-state index >= 15 is 0 Å². The van der Waals surface area contributed by atoms with E-state index in [2.05, 4.69) is 11.9 Å². The van der Waals surface area contributed by atoms with Crippen LogP contribution in [0.25, 0.3) is 0 Å². The lowest BCUT2D eigenvalue weighted by molar-refractivity contribution is -0.138. The molecule has 1 heterocycles. The fourth-order valence-electron chi connectivity index (χ4n) is 3.67. The molecule has 6 heteroatoms. The number of amides is 4. The van der Waals surface area contributed by atoms with Gasteiger partial charge in [-0.2, -0.15) is 0 Å². The smallest absolute Gasteiger partial charge is 0.325 e. The van der Waals surface area contributed by atoms with Crippen LogP contribution in [0.3, 0.4) is 0 Å². The molecule has 132 valence electrons. The third kappa shape index (κ3) is 2.81. The van der Waals surface area contributed by atoms with Crippen molar-refractivity contribution < 1.29 is 14.4 Å². The van der Waals surface area contributed by atoms with Gasteiger partial charge in [0.25, 0.3) is 5.91 Å². The van der Waals surface area contributed by atoms with Crippen LogP contribution in [0.4, 0.5) is 4.79 Å². The van der Waals surface area contributed by atoms with Crippen molar-refractivity contribution in [2.45, 2.75) is 32.2 Å². The van der Waals surface area contributed by atoms with Gasteiger partial charge in [0.15, 0.2) is 0 Å². The van der Waals surface area contributed by atoms with Crippen molar-refractivity contribution in [1.82, 2.24) is 15.1 Å². The van der Waals surface area contributed by atoms with Crippen LogP contribution in [0.2, 0.25) is 0 Å². The van der Waals surface area contributed by atoms with Crippen molar-refractivity contribution in [2.24, 2.45) is 0 Å². The minimum Gasteiger partial charge on any atom is -0.337 e. The highest BCUT2D eigenvalue weighted by Crippen LogP contribution is 2.41. The molecule has 1 fully saturated rings. The third-order valence-electron chi connectivity index (χ3n) is 4.91. The third-order valence-corrected chi connectivity index (χ3v) is 4.91. The van der Waals surface area contributed by atoms with E-state index in [0.29, 0.717) is 19.5 Å². The fourth-order valence-corrected chi connectivity index (χ4v) is 3.67. The Bertz CT molecular complexity index is 758. The van der Waals surface area contributed by atoms with Gasteiger partial charge in [-0.05, 0) is 37.8 Å². The summed E-state index contributed by atoms with van der Waals surface area (Å²) in [6.45, 7) is 8.21. The van der Waals surface area contributed by atoms with Crippen LogP contribution in [0.5, 0.6) is 0 Å². The monoisotopic (exact) mass is 341 g/mol. The molecule has 25 heavy (non-hydrogen) atoms.